The van der Waals surface area contributed by atoms with Gasteiger partial charge >= 0.3 is 0 Å². The molecule has 23 heavy (non-hydrogen) atoms. The Hall–Kier alpha value is -0.890. The lowest BCUT2D eigenvalue weighted by Gasteiger charge is -2.56. The summed E-state index contributed by atoms with van der Waals surface area (Å²) in [5.41, 5.74) is -0.501. The maximum Gasteiger partial charge on any atom is 0.156 e. The standard InChI is InChI=1S/C21H30O2/c1-13(22)17-6-7-18-16-5-4-14-12-15(23)8-10-20(14,2)19(16)9-11-21(17,18)3/h4-5,12-13,16-19,22H,6-11H2,1-3H3/t13-,16?,17-,18?,19?,20-,21-/m1/s1/i1D3,8D2,13D,17D. The zero-order chi connectivity index (χ0) is 22.5. The Bertz CT molecular complexity index is 845. The zero-order valence-electron chi connectivity index (χ0n) is 20.9. The van der Waals surface area contributed by atoms with Crippen molar-refractivity contribution in [3.05, 3.63) is 23.8 Å². The van der Waals surface area contributed by atoms with Gasteiger partial charge in [-0.3, -0.25) is 4.79 Å². The molecule has 4 aliphatic rings. The lowest BCUT2D eigenvalue weighted by atomic mass is 9.48. The van der Waals surface area contributed by atoms with Gasteiger partial charge in [0.25, 0.3) is 0 Å². The average molecular weight is 322 g/mol. The van der Waals surface area contributed by atoms with Crippen LogP contribution in [-0.2, 0) is 4.79 Å². The molecule has 0 aliphatic heterocycles. The number of allylic oxidation sites excluding steroid dienone is 4. The fraction of sp³-hybridized carbons (Fsp3) is 0.762. The Morgan fingerprint density at radius 1 is 1.39 bits per heavy atom. The van der Waals surface area contributed by atoms with Crippen molar-refractivity contribution in [3.63, 3.8) is 0 Å². The van der Waals surface area contributed by atoms with Crippen molar-refractivity contribution in [3.8, 4) is 0 Å². The summed E-state index contributed by atoms with van der Waals surface area (Å²) in [6.45, 7) is 0.886. The van der Waals surface area contributed by atoms with Gasteiger partial charge < -0.3 is 5.11 Å². The van der Waals surface area contributed by atoms with Crippen LogP contribution in [0.3, 0.4) is 0 Å². The van der Waals surface area contributed by atoms with Gasteiger partial charge in [-0.05, 0) is 85.1 Å². The van der Waals surface area contributed by atoms with E-state index in [4.69, 9.17) is 9.60 Å². The molecule has 0 aromatic rings. The zero-order valence-corrected chi connectivity index (χ0v) is 13.9. The van der Waals surface area contributed by atoms with Crippen molar-refractivity contribution < 1.29 is 19.5 Å². The first-order valence-electron chi connectivity index (χ1n) is 12.2. The molecule has 7 atom stereocenters. The highest BCUT2D eigenvalue weighted by molar-refractivity contribution is 5.92. The maximum absolute atomic E-state index is 12.2. The molecule has 0 amide bonds. The Morgan fingerprint density at radius 3 is 3.00 bits per heavy atom. The second kappa shape index (κ2) is 5.05. The van der Waals surface area contributed by atoms with Crippen molar-refractivity contribution in [2.45, 2.75) is 65.3 Å². The average Bonchev–Trinajstić information content (AvgIpc) is 2.88. The van der Waals surface area contributed by atoms with Crippen LogP contribution in [0.4, 0.5) is 0 Å². The van der Waals surface area contributed by atoms with Crippen LogP contribution in [0.15, 0.2) is 23.8 Å². The molecule has 2 saturated carbocycles. The summed E-state index contributed by atoms with van der Waals surface area (Å²) in [7, 11) is 0. The molecule has 0 aromatic heterocycles. The summed E-state index contributed by atoms with van der Waals surface area (Å²) in [5.74, 6) is -2.32. The highest BCUT2D eigenvalue weighted by Gasteiger charge is 2.58. The number of fused-ring (bicyclic) bond motifs is 5. The molecule has 4 aliphatic carbocycles. The summed E-state index contributed by atoms with van der Waals surface area (Å²) < 4.78 is 56.8. The SMILES string of the molecule is [2H]C1([2H])C[C@]2(C)C(=CC1=O)C=CC1C3CC[C@]([2H])([C@]([2H])(O)C([2H])([2H])[2H])[C@@]3(C)CCC12. The molecule has 2 heteroatoms. The van der Waals surface area contributed by atoms with Gasteiger partial charge in [0.05, 0.1) is 7.45 Å². The van der Waals surface area contributed by atoms with E-state index in [2.05, 4.69) is 0 Å². The number of carbonyl (C=O) groups is 1. The predicted octanol–water partition coefficient (Wildman–Crippen LogP) is 4.29. The Morgan fingerprint density at radius 2 is 2.22 bits per heavy atom. The van der Waals surface area contributed by atoms with E-state index >= 15 is 0 Å². The van der Waals surface area contributed by atoms with Gasteiger partial charge in [0.2, 0.25) is 0 Å². The summed E-state index contributed by atoms with van der Waals surface area (Å²) in [5, 5.41) is 10.7. The fourth-order valence-corrected chi connectivity index (χ4v) is 5.94. The van der Waals surface area contributed by atoms with Crippen LogP contribution in [0.1, 0.15) is 68.8 Å². The molecule has 0 bridgehead atoms. The Kier molecular flexibility index (Phi) is 2.10. The minimum Gasteiger partial charge on any atom is -0.393 e. The number of hydrogen-bond donors (Lipinski definition) is 1. The number of ketones is 1. The second-order valence-corrected chi connectivity index (χ2v) is 8.21. The van der Waals surface area contributed by atoms with E-state index in [-0.39, 0.29) is 30.6 Å². The van der Waals surface area contributed by atoms with Crippen LogP contribution < -0.4 is 0 Å². The first-order chi connectivity index (χ1) is 13.5. The highest BCUT2D eigenvalue weighted by Crippen LogP contribution is 2.65. The van der Waals surface area contributed by atoms with Gasteiger partial charge in [-0.2, -0.15) is 0 Å². The summed E-state index contributed by atoms with van der Waals surface area (Å²) >= 11 is 0. The van der Waals surface area contributed by atoms with Crippen LogP contribution in [-0.4, -0.2) is 17.0 Å². The third-order valence-electron chi connectivity index (χ3n) is 7.30. The van der Waals surface area contributed by atoms with E-state index in [1.54, 1.807) is 0 Å². The molecule has 1 N–H and O–H groups in total. The van der Waals surface area contributed by atoms with Gasteiger partial charge in [0.15, 0.2) is 5.78 Å². The largest absolute Gasteiger partial charge is 0.393 e. The monoisotopic (exact) mass is 321 g/mol. The third kappa shape index (κ3) is 2.06. The lowest BCUT2D eigenvalue weighted by Crippen LogP contribution is -2.49. The van der Waals surface area contributed by atoms with Crippen molar-refractivity contribution in [1.29, 1.82) is 0 Å². The molecule has 0 radical (unpaired) electrons. The Balaban J connectivity index is 1.75. The molecule has 126 valence electrons. The molecule has 4 rings (SSSR count). The van der Waals surface area contributed by atoms with Gasteiger partial charge in [0.1, 0.15) is 0 Å². The van der Waals surface area contributed by atoms with Gasteiger partial charge in [-0.15, -0.1) is 0 Å². The van der Waals surface area contributed by atoms with Crippen LogP contribution >= 0.6 is 0 Å². The first-order valence-corrected chi connectivity index (χ1v) is 8.69. The third-order valence-corrected chi connectivity index (χ3v) is 7.30. The molecular weight excluding hydrogens is 284 g/mol. The van der Waals surface area contributed by atoms with Crippen molar-refractivity contribution in [2.75, 3.05) is 0 Å². The number of aliphatic hydroxyl groups is 1. The molecule has 0 saturated heterocycles. The smallest absolute Gasteiger partial charge is 0.156 e. The Labute approximate surface area is 149 Å². The van der Waals surface area contributed by atoms with E-state index in [1.807, 2.05) is 26.0 Å². The topological polar surface area (TPSA) is 37.3 Å². The van der Waals surface area contributed by atoms with Crippen LogP contribution in [0.5, 0.6) is 0 Å². The summed E-state index contributed by atoms with van der Waals surface area (Å²) in [6.07, 6.45) is 2.54. The van der Waals surface area contributed by atoms with E-state index < -0.39 is 41.8 Å². The van der Waals surface area contributed by atoms with E-state index in [0.29, 0.717) is 19.3 Å². The minimum atomic E-state index is -2.98. The van der Waals surface area contributed by atoms with E-state index in [0.717, 1.165) is 5.57 Å². The molecule has 0 aromatic carbocycles. The highest BCUT2D eigenvalue weighted by atomic mass is 16.3. The van der Waals surface area contributed by atoms with Gasteiger partial charge in [0, 0.05) is 14.6 Å². The van der Waals surface area contributed by atoms with E-state index in [1.165, 1.54) is 6.08 Å². The van der Waals surface area contributed by atoms with Crippen LogP contribution in [0.2, 0.25) is 0 Å². The minimum absolute atomic E-state index is 0.00507. The molecule has 3 unspecified atom stereocenters. The van der Waals surface area contributed by atoms with Crippen LogP contribution in [0, 0.1) is 34.5 Å². The fourth-order valence-electron chi connectivity index (χ4n) is 5.94. The molecule has 2 nitrogen and oxygen atoms in total. The number of carbonyl (C=O) groups excluding carboxylic acids is 1. The van der Waals surface area contributed by atoms with Crippen molar-refractivity contribution in [1.82, 2.24) is 0 Å². The normalized spacial score (nSPS) is 61.7. The maximum atomic E-state index is 12.2. The quantitative estimate of drug-likeness (QED) is 0.782. The lowest BCUT2D eigenvalue weighted by molar-refractivity contribution is -0.116. The number of rotatable bonds is 1. The predicted molar refractivity (Wildman–Crippen MR) is 91.8 cm³/mol. The molecule has 0 heterocycles. The second-order valence-electron chi connectivity index (χ2n) is 8.21. The van der Waals surface area contributed by atoms with E-state index in [9.17, 15) is 9.90 Å². The summed E-state index contributed by atoms with van der Waals surface area (Å²) in [4.78, 5) is 12.2. The summed E-state index contributed by atoms with van der Waals surface area (Å²) in [6, 6.07) is 0. The molecular formula is C21H30O2. The number of hydrogen-bond acceptors (Lipinski definition) is 2. The van der Waals surface area contributed by atoms with Crippen molar-refractivity contribution in [2.24, 2.45) is 34.5 Å². The first kappa shape index (κ1) is 9.56. The van der Waals surface area contributed by atoms with Gasteiger partial charge in [-0.25, -0.2) is 0 Å². The molecule has 0 spiro atoms. The van der Waals surface area contributed by atoms with Crippen molar-refractivity contribution >= 4 is 5.78 Å². The van der Waals surface area contributed by atoms with Crippen LogP contribution in [0.25, 0.3) is 0 Å². The molecule has 2 fully saturated rings. The van der Waals surface area contributed by atoms with Gasteiger partial charge in [-0.1, -0.05) is 26.0 Å².